The molecule has 6 nitrogen and oxygen atoms in total. The van der Waals surface area contributed by atoms with Crippen LogP contribution in [0.5, 0.6) is 0 Å². The van der Waals surface area contributed by atoms with Crippen LogP contribution in [0, 0.1) is 0 Å². The first-order valence-corrected chi connectivity index (χ1v) is 10.4. The number of carbonyl (C=O) groups excluding carboxylic acids is 1. The van der Waals surface area contributed by atoms with Crippen LogP contribution in [-0.4, -0.2) is 50.7 Å². The fourth-order valence-electron chi connectivity index (χ4n) is 2.93. The highest BCUT2D eigenvalue weighted by Crippen LogP contribution is 2.29. The normalized spacial score (nSPS) is 18.5. The summed E-state index contributed by atoms with van der Waals surface area (Å²) in [6, 6.07) is 7.59. The maximum atomic E-state index is 12.5. The summed E-state index contributed by atoms with van der Waals surface area (Å²) in [4.78, 5) is 12.5. The van der Waals surface area contributed by atoms with Gasteiger partial charge in [-0.25, -0.2) is 8.42 Å². The molecule has 1 atom stereocenters. The first kappa shape index (κ1) is 19.9. The second kappa shape index (κ2) is 7.85. The number of anilines is 1. The molecule has 1 aromatic rings. The lowest BCUT2D eigenvalue weighted by Gasteiger charge is -2.25. The van der Waals surface area contributed by atoms with Crippen molar-refractivity contribution in [3.8, 4) is 0 Å². The molecule has 1 aliphatic heterocycles. The molecular formula is C18H28N2O4S. The number of para-hydroxylation sites is 1. The minimum Gasteiger partial charge on any atom is -0.377 e. The lowest BCUT2D eigenvalue weighted by Crippen LogP contribution is -2.41. The van der Waals surface area contributed by atoms with E-state index in [1.807, 2.05) is 24.3 Å². The Morgan fingerprint density at radius 2 is 2.00 bits per heavy atom. The SMILES string of the molecule is CC(C)(C)c1ccccc1NC(=O)CN(CC1CCCO1)S(C)(=O)=O. The van der Waals surface area contributed by atoms with E-state index < -0.39 is 10.0 Å². The van der Waals surface area contributed by atoms with Crippen LogP contribution in [0.15, 0.2) is 24.3 Å². The Bertz CT molecular complexity index is 704. The minimum absolute atomic E-state index is 0.127. The van der Waals surface area contributed by atoms with Gasteiger partial charge >= 0.3 is 0 Å². The Labute approximate surface area is 150 Å². The van der Waals surface area contributed by atoms with Gasteiger partial charge in [0, 0.05) is 18.8 Å². The van der Waals surface area contributed by atoms with Crippen molar-refractivity contribution in [1.82, 2.24) is 4.31 Å². The van der Waals surface area contributed by atoms with Gasteiger partial charge in [-0.2, -0.15) is 4.31 Å². The summed E-state index contributed by atoms with van der Waals surface area (Å²) in [5.74, 6) is -0.347. The van der Waals surface area contributed by atoms with Crippen molar-refractivity contribution in [3.05, 3.63) is 29.8 Å². The minimum atomic E-state index is -3.49. The number of ether oxygens (including phenoxy) is 1. The predicted octanol–water partition coefficient (Wildman–Crippen LogP) is 2.36. The van der Waals surface area contributed by atoms with Gasteiger partial charge < -0.3 is 10.1 Å². The number of nitrogens with one attached hydrogen (secondary N) is 1. The van der Waals surface area contributed by atoms with E-state index in [2.05, 4.69) is 26.1 Å². The van der Waals surface area contributed by atoms with Gasteiger partial charge in [0.15, 0.2) is 0 Å². The van der Waals surface area contributed by atoms with E-state index in [0.29, 0.717) is 12.3 Å². The zero-order valence-corrected chi connectivity index (χ0v) is 16.2. The predicted molar refractivity (Wildman–Crippen MR) is 99.2 cm³/mol. The molecule has 0 spiro atoms. The second-order valence-corrected chi connectivity index (χ2v) is 9.52. The van der Waals surface area contributed by atoms with Gasteiger partial charge in [0.1, 0.15) is 0 Å². The maximum Gasteiger partial charge on any atom is 0.239 e. The zero-order chi connectivity index (χ0) is 18.7. The molecule has 0 aromatic heterocycles. The molecule has 1 saturated heterocycles. The van der Waals surface area contributed by atoms with E-state index >= 15 is 0 Å². The quantitative estimate of drug-likeness (QED) is 0.836. The van der Waals surface area contributed by atoms with Crippen LogP contribution in [0.4, 0.5) is 5.69 Å². The van der Waals surface area contributed by atoms with Gasteiger partial charge in [-0.1, -0.05) is 39.0 Å². The fourth-order valence-corrected chi connectivity index (χ4v) is 3.72. The molecule has 140 valence electrons. The number of hydrogen-bond donors (Lipinski definition) is 1. The Morgan fingerprint density at radius 1 is 1.32 bits per heavy atom. The van der Waals surface area contributed by atoms with Crippen molar-refractivity contribution >= 4 is 21.6 Å². The summed E-state index contributed by atoms with van der Waals surface area (Å²) in [5.41, 5.74) is 1.59. The van der Waals surface area contributed by atoms with Crippen molar-refractivity contribution in [2.75, 3.05) is 31.3 Å². The van der Waals surface area contributed by atoms with Gasteiger partial charge in [0.05, 0.1) is 18.9 Å². The molecule has 25 heavy (non-hydrogen) atoms. The highest BCUT2D eigenvalue weighted by Gasteiger charge is 2.27. The molecule has 0 aliphatic carbocycles. The van der Waals surface area contributed by atoms with Gasteiger partial charge in [0.25, 0.3) is 0 Å². The van der Waals surface area contributed by atoms with Crippen LogP contribution in [0.25, 0.3) is 0 Å². The van der Waals surface area contributed by atoms with Crippen molar-refractivity contribution in [3.63, 3.8) is 0 Å². The number of sulfonamides is 1. The third-order valence-corrected chi connectivity index (χ3v) is 5.45. The fraction of sp³-hybridized carbons (Fsp3) is 0.611. The summed E-state index contributed by atoms with van der Waals surface area (Å²) < 4.78 is 30.7. The van der Waals surface area contributed by atoms with E-state index in [9.17, 15) is 13.2 Å². The highest BCUT2D eigenvalue weighted by molar-refractivity contribution is 7.88. The summed E-state index contributed by atoms with van der Waals surface area (Å²) in [6.07, 6.45) is 2.73. The van der Waals surface area contributed by atoms with Crippen LogP contribution in [0.1, 0.15) is 39.2 Å². The van der Waals surface area contributed by atoms with E-state index in [4.69, 9.17) is 4.74 Å². The summed E-state index contributed by atoms with van der Waals surface area (Å²) in [5, 5.41) is 2.86. The van der Waals surface area contributed by atoms with Crippen LogP contribution in [0.2, 0.25) is 0 Å². The Balaban J connectivity index is 2.09. The second-order valence-electron chi connectivity index (χ2n) is 7.53. The lowest BCUT2D eigenvalue weighted by molar-refractivity contribution is -0.116. The summed E-state index contributed by atoms with van der Waals surface area (Å²) in [7, 11) is -3.49. The number of hydrogen-bond acceptors (Lipinski definition) is 4. The van der Waals surface area contributed by atoms with Crippen LogP contribution in [-0.2, 0) is 25.0 Å². The summed E-state index contributed by atoms with van der Waals surface area (Å²) in [6.45, 7) is 6.85. The van der Waals surface area contributed by atoms with E-state index in [1.54, 1.807) is 0 Å². The Hall–Kier alpha value is -1.44. The standard InChI is InChI=1S/C18H28N2O4S/c1-18(2,3)15-9-5-6-10-16(15)19-17(21)13-20(25(4,22)23)12-14-8-7-11-24-14/h5-6,9-10,14H,7-8,11-13H2,1-4H3,(H,19,21). The molecule has 1 unspecified atom stereocenters. The van der Waals surface area contributed by atoms with Crippen LogP contribution >= 0.6 is 0 Å². The molecule has 1 fully saturated rings. The van der Waals surface area contributed by atoms with E-state index in [0.717, 1.165) is 24.7 Å². The van der Waals surface area contributed by atoms with Crippen molar-refractivity contribution in [2.24, 2.45) is 0 Å². The number of nitrogens with zero attached hydrogens (tertiary/aromatic N) is 1. The molecule has 2 rings (SSSR count). The van der Waals surface area contributed by atoms with Crippen LogP contribution in [0.3, 0.4) is 0 Å². The number of benzene rings is 1. The lowest BCUT2D eigenvalue weighted by atomic mass is 9.86. The molecule has 1 aliphatic rings. The number of rotatable bonds is 6. The van der Waals surface area contributed by atoms with Crippen LogP contribution < -0.4 is 5.32 Å². The molecule has 1 aromatic carbocycles. The smallest absolute Gasteiger partial charge is 0.239 e. The third kappa shape index (κ3) is 5.80. The molecule has 7 heteroatoms. The molecular weight excluding hydrogens is 340 g/mol. The van der Waals surface area contributed by atoms with Crippen molar-refractivity contribution in [1.29, 1.82) is 0 Å². The van der Waals surface area contributed by atoms with Crippen molar-refractivity contribution in [2.45, 2.75) is 45.1 Å². The first-order valence-electron chi connectivity index (χ1n) is 8.53. The zero-order valence-electron chi connectivity index (χ0n) is 15.4. The molecule has 0 bridgehead atoms. The van der Waals surface area contributed by atoms with Gasteiger partial charge in [-0.15, -0.1) is 0 Å². The van der Waals surface area contributed by atoms with Gasteiger partial charge in [-0.3, -0.25) is 4.79 Å². The maximum absolute atomic E-state index is 12.5. The first-order chi connectivity index (χ1) is 11.6. The van der Waals surface area contributed by atoms with E-state index in [-0.39, 0.29) is 30.5 Å². The molecule has 0 radical (unpaired) electrons. The molecule has 1 amide bonds. The highest BCUT2D eigenvalue weighted by atomic mass is 32.2. The molecule has 1 heterocycles. The molecule has 1 N–H and O–H groups in total. The summed E-state index contributed by atoms with van der Waals surface area (Å²) >= 11 is 0. The Kier molecular flexibility index (Phi) is 6.24. The average Bonchev–Trinajstić information content (AvgIpc) is 2.98. The Morgan fingerprint density at radius 3 is 2.56 bits per heavy atom. The number of amides is 1. The van der Waals surface area contributed by atoms with Crippen molar-refractivity contribution < 1.29 is 17.9 Å². The van der Waals surface area contributed by atoms with Gasteiger partial charge in [0.2, 0.25) is 15.9 Å². The largest absolute Gasteiger partial charge is 0.377 e. The number of carbonyl (C=O) groups is 1. The van der Waals surface area contributed by atoms with Gasteiger partial charge in [-0.05, 0) is 29.9 Å². The monoisotopic (exact) mass is 368 g/mol. The molecule has 0 saturated carbocycles. The topological polar surface area (TPSA) is 75.7 Å². The third-order valence-electron chi connectivity index (χ3n) is 4.23. The van der Waals surface area contributed by atoms with E-state index in [1.165, 1.54) is 4.31 Å². The average molecular weight is 368 g/mol.